The summed E-state index contributed by atoms with van der Waals surface area (Å²) in [7, 11) is 0. The number of aromatic nitrogens is 3. The van der Waals surface area contributed by atoms with E-state index < -0.39 is 18.5 Å². The predicted molar refractivity (Wildman–Crippen MR) is 68.4 cm³/mol. The molecule has 8 heteroatoms. The van der Waals surface area contributed by atoms with E-state index >= 15 is 0 Å². The Morgan fingerprint density at radius 1 is 1.30 bits per heavy atom. The van der Waals surface area contributed by atoms with Gasteiger partial charge < -0.3 is 15.2 Å². The molecule has 1 heterocycles. The lowest BCUT2D eigenvalue weighted by Crippen LogP contribution is -2.21. The first-order chi connectivity index (χ1) is 9.66. The van der Waals surface area contributed by atoms with Crippen LogP contribution in [0.4, 0.5) is 5.69 Å². The Hall–Kier alpha value is -2.74. The Morgan fingerprint density at radius 2 is 2.10 bits per heavy atom. The van der Waals surface area contributed by atoms with Crippen molar-refractivity contribution in [3.05, 3.63) is 36.9 Å². The van der Waals surface area contributed by atoms with E-state index in [1.54, 1.807) is 24.3 Å². The molecule has 1 aromatic carbocycles. The lowest BCUT2D eigenvalue weighted by molar-refractivity contribution is -0.143. The molecule has 0 aliphatic carbocycles. The van der Waals surface area contributed by atoms with Crippen LogP contribution in [-0.4, -0.2) is 45.0 Å². The summed E-state index contributed by atoms with van der Waals surface area (Å²) in [5.41, 5.74) is 1.18. The number of amides is 1. The molecule has 0 spiro atoms. The number of hydrogen-bond acceptors (Lipinski definition) is 5. The third-order valence-corrected chi connectivity index (χ3v) is 2.30. The first-order valence-corrected chi connectivity index (χ1v) is 5.70. The number of ether oxygens (including phenoxy) is 1. The quantitative estimate of drug-likeness (QED) is 0.786. The highest BCUT2D eigenvalue weighted by Gasteiger charge is 2.09. The molecular weight excluding hydrogens is 264 g/mol. The molecule has 0 aliphatic heterocycles. The van der Waals surface area contributed by atoms with Crippen LogP contribution < -0.4 is 5.32 Å². The van der Waals surface area contributed by atoms with E-state index in [-0.39, 0.29) is 6.61 Å². The van der Waals surface area contributed by atoms with E-state index in [9.17, 15) is 9.59 Å². The van der Waals surface area contributed by atoms with Crippen LogP contribution in [0.25, 0.3) is 5.69 Å². The molecule has 2 rings (SSSR count). The number of carboxylic acids is 1. The average Bonchev–Trinajstić information content (AvgIpc) is 2.92. The highest BCUT2D eigenvalue weighted by atomic mass is 16.5. The van der Waals surface area contributed by atoms with Crippen molar-refractivity contribution in [2.24, 2.45) is 0 Å². The van der Waals surface area contributed by atoms with Crippen LogP contribution in [0.15, 0.2) is 36.9 Å². The van der Waals surface area contributed by atoms with E-state index in [0.717, 1.165) is 0 Å². The minimum Gasteiger partial charge on any atom is -0.480 e. The van der Waals surface area contributed by atoms with Crippen molar-refractivity contribution in [3.8, 4) is 5.69 Å². The fraction of sp³-hybridized carbons (Fsp3) is 0.167. The second-order valence-electron chi connectivity index (χ2n) is 3.79. The van der Waals surface area contributed by atoms with Gasteiger partial charge in [0.05, 0.1) is 11.4 Å². The summed E-state index contributed by atoms with van der Waals surface area (Å²) in [5, 5.41) is 15.0. The zero-order valence-corrected chi connectivity index (χ0v) is 10.4. The summed E-state index contributed by atoms with van der Waals surface area (Å²) in [4.78, 5) is 25.8. The molecule has 0 saturated heterocycles. The van der Waals surface area contributed by atoms with Gasteiger partial charge in [0.15, 0.2) is 0 Å². The van der Waals surface area contributed by atoms with Crippen LogP contribution in [-0.2, 0) is 14.3 Å². The Balaban J connectivity index is 2.03. The number of benzene rings is 1. The topological polar surface area (TPSA) is 106 Å². The molecule has 1 amide bonds. The maximum atomic E-state index is 11.6. The standard InChI is InChI=1S/C12H12N4O4/c17-11(5-20-6-12(18)19)15-9-3-1-2-4-10(9)16-8-13-7-14-16/h1-4,7-8H,5-6H2,(H,15,17)(H,18,19). The fourth-order valence-corrected chi connectivity index (χ4v) is 1.53. The largest absolute Gasteiger partial charge is 0.480 e. The number of carbonyl (C=O) groups is 2. The number of rotatable bonds is 6. The monoisotopic (exact) mass is 276 g/mol. The van der Waals surface area contributed by atoms with E-state index in [4.69, 9.17) is 9.84 Å². The first kappa shape index (κ1) is 13.7. The van der Waals surface area contributed by atoms with Crippen molar-refractivity contribution in [1.82, 2.24) is 14.8 Å². The number of carboxylic acid groups (broad SMARTS) is 1. The summed E-state index contributed by atoms with van der Waals surface area (Å²) in [6.45, 7) is -0.851. The molecule has 0 fully saturated rings. The molecular formula is C12H12N4O4. The van der Waals surface area contributed by atoms with Crippen molar-refractivity contribution in [3.63, 3.8) is 0 Å². The van der Waals surface area contributed by atoms with Crippen molar-refractivity contribution in [2.75, 3.05) is 18.5 Å². The number of hydrogen-bond donors (Lipinski definition) is 2. The Labute approximate surface area is 114 Å². The number of nitrogens with zero attached hydrogens (tertiary/aromatic N) is 3. The van der Waals surface area contributed by atoms with Crippen molar-refractivity contribution in [1.29, 1.82) is 0 Å². The highest BCUT2D eigenvalue weighted by molar-refractivity contribution is 5.93. The summed E-state index contributed by atoms with van der Waals surface area (Å²) in [6, 6.07) is 7.02. The summed E-state index contributed by atoms with van der Waals surface area (Å²) in [6.07, 6.45) is 2.89. The Morgan fingerprint density at radius 3 is 2.80 bits per heavy atom. The van der Waals surface area contributed by atoms with Crippen LogP contribution in [0.5, 0.6) is 0 Å². The van der Waals surface area contributed by atoms with E-state index in [1.165, 1.54) is 17.3 Å². The molecule has 2 N–H and O–H groups in total. The van der Waals surface area contributed by atoms with Gasteiger partial charge in [-0.15, -0.1) is 0 Å². The van der Waals surface area contributed by atoms with E-state index in [1.807, 2.05) is 0 Å². The lowest BCUT2D eigenvalue weighted by atomic mass is 10.2. The molecule has 0 bridgehead atoms. The van der Waals surface area contributed by atoms with E-state index in [0.29, 0.717) is 11.4 Å². The van der Waals surface area contributed by atoms with Crippen molar-refractivity contribution >= 4 is 17.6 Å². The van der Waals surface area contributed by atoms with Crippen LogP contribution in [0.2, 0.25) is 0 Å². The third kappa shape index (κ3) is 3.62. The van der Waals surface area contributed by atoms with Crippen LogP contribution >= 0.6 is 0 Å². The molecule has 0 radical (unpaired) electrons. The molecule has 20 heavy (non-hydrogen) atoms. The van der Waals surface area contributed by atoms with Gasteiger partial charge in [-0.1, -0.05) is 12.1 Å². The summed E-state index contributed by atoms with van der Waals surface area (Å²) >= 11 is 0. The molecule has 0 aliphatic rings. The third-order valence-electron chi connectivity index (χ3n) is 2.30. The number of para-hydroxylation sites is 2. The fourth-order valence-electron chi connectivity index (χ4n) is 1.53. The van der Waals surface area contributed by atoms with Gasteiger partial charge >= 0.3 is 5.97 Å². The molecule has 0 unspecified atom stereocenters. The van der Waals surface area contributed by atoms with Gasteiger partial charge in [0.25, 0.3) is 0 Å². The smallest absolute Gasteiger partial charge is 0.329 e. The predicted octanol–water partition coefficient (Wildman–Crippen LogP) is 0.307. The molecule has 0 saturated carbocycles. The number of aliphatic carboxylic acids is 1. The molecule has 0 atom stereocenters. The average molecular weight is 276 g/mol. The van der Waals surface area contributed by atoms with Crippen LogP contribution in [0.1, 0.15) is 0 Å². The van der Waals surface area contributed by atoms with Gasteiger partial charge in [-0.05, 0) is 12.1 Å². The molecule has 8 nitrogen and oxygen atoms in total. The molecule has 104 valence electrons. The van der Waals surface area contributed by atoms with Gasteiger partial charge in [0.2, 0.25) is 5.91 Å². The number of carbonyl (C=O) groups excluding carboxylic acids is 1. The Bertz CT molecular complexity index is 597. The van der Waals surface area contributed by atoms with Crippen LogP contribution in [0, 0.1) is 0 Å². The normalized spacial score (nSPS) is 10.2. The Kier molecular flexibility index (Phi) is 4.40. The second kappa shape index (κ2) is 6.43. The van der Waals surface area contributed by atoms with Crippen molar-refractivity contribution < 1.29 is 19.4 Å². The van der Waals surface area contributed by atoms with Gasteiger partial charge in [-0.2, -0.15) is 5.10 Å². The second-order valence-corrected chi connectivity index (χ2v) is 3.79. The van der Waals surface area contributed by atoms with Gasteiger partial charge in [-0.25, -0.2) is 14.5 Å². The number of anilines is 1. The number of nitrogens with one attached hydrogen (secondary N) is 1. The summed E-state index contributed by atoms with van der Waals surface area (Å²) in [5.74, 6) is -1.57. The maximum Gasteiger partial charge on any atom is 0.329 e. The minimum atomic E-state index is -1.12. The van der Waals surface area contributed by atoms with E-state index in [2.05, 4.69) is 15.4 Å². The van der Waals surface area contributed by atoms with Crippen LogP contribution in [0.3, 0.4) is 0 Å². The van der Waals surface area contributed by atoms with Gasteiger partial charge in [-0.3, -0.25) is 4.79 Å². The summed E-state index contributed by atoms with van der Waals surface area (Å²) < 4.78 is 6.22. The SMILES string of the molecule is O=C(O)COCC(=O)Nc1ccccc1-n1cncn1. The van der Waals surface area contributed by atoms with Gasteiger partial charge in [0.1, 0.15) is 25.9 Å². The van der Waals surface area contributed by atoms with Crippen molar-refractivity contribution in [2.45, 2.75) is 0 Å². The minimum absolute atomic E-state index is 0.335. The zero-order valence-electron chi connectivity index (χ0n) is 10.4. The maximum absolute atomic E-state index is 11.6. The highest BCUT2D eigenvalue weighted by Crippen LogP contribution is 2.18. The van der Waals surface area contributed by atoms with Gasteiger partial charge in [0, 0.05) is 0 Å². The first-order valence-electron chi connectivity index (χ1n) is 5.70. The molecule has 2 aromatic rings. The molecule has 1 aromatic heterocycles. The zero-order chi connectivity index (χ0) is 14.4. The lowest BCUT2D eigenvalue weighted by Gasteiger charge is -2.10.